The van der Waals surface area contributed by atoms with E-state index in [-0.39, 0.29) is 0 Å². The van der Waals surface area contributed by atoms with Gasteiger partial charge in [-0.2, -0.15) is 5.26 Å². The number of benzene rings is 1. The van der Waals surface area contributed by atoms with E-state index in [1.54, 1.807) is 6.20 Å². The van der Waals surface area contributed by atoms with Gasteiger partial charge in [-0.05, 0) is 24.6 Å². The standard InChI is InChI=1S/C17H13ClN2O/c1-11(9-19)17-13-3-2-6-20-15(13)10-21-16-7-12(8-18)4-5-14(16)17/h2-7H,8,10H2,1H3. The highest BCUT2D eigenvalue weighted by Gasteiger charge is 2.22. The van der Waals surface area contributed by atoms with E-state index in [1.807, 2.05) is 37.3 Å². The first kappa shape index (κ1) is 13.7. The van der Waals surface area contributed by atoms with Gasteiger partial charge >= 0.3 is 0 Å². The van der Waals surface area contributed by atoms with Crippen LogP contribution in [-0.4, -0.2) is 4.98 Å². The summed E-state index contributed by atoms with van der Waals surface area (Å²) >= 11 is 5.89. The zero-order valence-electron chi connectivity index (χ0n) is 11.6. The molecule has 2 heterocycles. The molecule has 0 spiro atoms. The van der Waals surface area contributed by atoms with Crippen LogP contribution < -0.4 is 4.74 Å². The quantitative estimate of drug-likeness (QED) is 0.589. The minimum atomic E-state index is 0.386. The van der Waals surface area contributed by atoms with Crippen molar-refractivity contribution in [1.82, 2.24) is 4.98 Å². The summed E-state index contributed by atoms with van der Waals surface area (Å²) in [5, 5.41) is 9.34. The number of ether oxygens (including phenoxy) is 1. The molecular formula is C17H13ClN2O. The van der Waals surface area contributed by atoms with Crippen molar-refractivity contribution in [2.24, 2.45) is 0 Å². The third kappa shape index (κ3) is 2.39. The van der Waals surface area contributed by atoms with Crippen LogP contribution in [0.5, 0.6) is 5.75 Å². The molecule has 1 aromatic carbocycles. The predicted molar refractivity (Wildman–Crippen MR) is 81.9 cm³/mol. The van der Waals surface area contributed by atoms with Gasteiger partial charge in [-0.1, -0.05) is 18.2 Å². The fourth-order valence-electron chi connectivity index (χ4n) is 2.51. The summed E-state index contributed by atoms with van der Waals surface area (Å²) in [6.45, 7) is 2.20. The van der Waals surface area contributed by atoms with Crippen molar-refractivity contribution in [3.63, 3.8) is 0 Å². The van der Waals surface area contributed by atoms with Crippen molar-refractivity contribution in [3.05, 3.63) is 64.5 Å². The van der Waals surface area contributed by atoms with Crippen molar-refractivity contribution in [2.45, 2.75) is 19.4 Å². The average molecular weight is 297 g/mol. The number of fused-ring (bicyclic) bond motifs is 2. The molecule has 0 aliphatic carbocycles. The molecule has 0 N–H and O–H groups in total. The molecule has 0 unspecified atom stereocenters. The molecule has 4 heteroatoms. The molecular weight excluding hydrogens is 284 g/mol. The molecule has 3 rings (SSSR count). The highest BCUT2D eigenvalue weighted by atomic mass is 35.5. The van der Waals surface area contributed by atoms with E-state index < -0.39 is 0 Å². The molecule has 0 atom stereocenters. The van der Waals surface area contributed by atoms with Crippen LogP contribution in [-0.2, 0) is 12.5 Å². The monoisotopic (exact) mass is 296 g/mol. The molecule has 0 saturated heterocycles. The van der Waals surface area contributed by atoms with Crippen LogP contribution in [0.3, 0.4) is 0 Å². The molecule has 104 valence electrons. The lowest BCUT2D eigenvalue weighted by atomic mass is 9.92. The summed E-state index contributed by atoms with van der Waals surface area (Å²) in [4.78, 5) is 4.38. The summed E-state index contributed by atoms with van der Waals surface area (Å²) in [5.74, 6) is 1.17. The number of nitrogens with zero attached hydrogens (tertiary/aromatic N) is 2. The second kappa shape index (κ2) is 5.59. The van der Waals surface area contributed by atoms with Crippen molar-refractivity contribution in [2.75, 3.05) is 0 Å². The Morgan fingerprint density at radius 2 is 2.24 bits per heavy atom. The number of hydrogen-bond donors (Lipinski definition) is 0. The van der Waals surface area contributed by atoms with E-state index in [9.17, 15) is 5.26 Å². The molecule has 0 bridgehead atoms. The highest BCUT2D eigenvalue weighted by Crippen LogP contribution is 2.38. The van der Waals surface area contributed by atoms with Gasteiger partial charge in [0.05, 0.1) is 11.8 Å². The Morgan fingerprint density at radius 1 is 1.38 bits per heavy atom. The number of halogens is 1. The van der Waals surface area contributed by atoms with Gasteiger partial charge in [0.25, 0.3) is 0 Å². The minimum Gasteiger partial charge on any atom is -0.487 e. The van der Waals surface area contributed by atoms with Crippen LogP contribution in [0.1, 0.15) is 29.3 Å². The number of alkyl halides is 1. The van der Waals surface area contributed by atoms with Crippen molar-refractivity contribution >= 4 is 17.2 Å². The number of hydrogen-bond acceptors (Lipinski definition) is 3. The molecule has 0 saturated carbocycles. The molecule has 2 aromatic rings. The van der Waals surface area contributed by atoms with Crippen LogP contribution >= 0.6 is 11.6 Å². The van der Waals surface area contributed by atoms with Crippen molar-refractivity contribution < 1.29 is 4.74 Å². The number of allylic oxidation sites excluding steroid dienone is 1. The van der Waals surface area contributed by atoms with Gasteiger partial charge in [0.2, 0.25) is 0 Å². The third-order valence-electron chi connectivity index (χ3n) is 3.54. The maximum absolute atomic E-state index is 9.34. The van der Waals surface area contributed by atoms with Crippen molar-refractivity contribution in [1.29, 1.82) is 5.26 Å². The number of aromatic nitrogens is 1. The summed E-state index contributed by atoms with van der Waals surface area (Å²) in [5.41, 5.74) is 5.22. The molecule has 1 aliphatic rings. The normalized spacial score (nSPS) is 15.1. The van der Waals surface area contributed by atoms with Crippen LogP contribution in [0.15, 0.2) is 42.1 Å². The second-order valence-electron chi connectivity index (χ2n) is 4.86. The van der Waals surface area contributed by atoms with Crippen LogP contribution in [0.25, 0.3) is 5.57 Å². The van der Waals surface area contributed by atoms with Gasteiger partial charge in [0.1, 0.15) is 12.4 Å². The topological polar surface area (TPSA) is 45.9 Å². The van der Waals surface area contributed by atoms with Gasteiger partial charge in [0.15, 0.2) is 0 Å². The fourth-order valence-corrected chi connectivity index (χ4v) is 2.67. The Labute approximate surface area is 128 Å². The first-order chi connectivity index (χ1) is 10.2. The van der Waals surface area contributed by atoms with E-state index >= 15 is 0 Å². The molecule has 21 heavy (non-hydrogen) atoms. The van der Waals surface area contributed by atoms with Crippen molar-refractivity contribution in [3.8, 4) is 11.8 Å². The van der Waals surface area contributed by atoms with Crippen LogP contribution in [0.4, 0.5) is 0 Å². The molecule has 3 nitrogen and oxygen atoms in total. The summed E-state index contributed by atoms with van der Waals surface area (Å²) in [6.07, 6.45) is 1.74. The van der Waals surface area contributed by atoms with E-state index in [0.717, 1.165) is 33.7 Å². The number of rotatable bonds is 1. The Bertz CT molecular complexity index is 775. The Balaban J connectivity index is 2.30. The molecule has 1 aromatic heterocycles. The van der Waals surface area contributed by atoms with Crippen LogP contribution in [0, 0.1) is 11.3 Å². The Hall–Kier alpha value is -2.31. The smallest absolute Gasteiger partial charge is 0.131 e. The average Bonchev–Trinajstić information content (AvgIpc) is 2.70. The first-order valence-corrected chi connectivity index (χ1v) is 7.15. The van der Waals surface area contributed by atoms with Gasteiger partial charge in [-0.25, -0.2) is 0 Å². The van der Waals surface area contributed by atoms with Crippen LogP contribution in [0.2, 0.25) is 0 Å². The van der Waals surface area contributed by atoms with E-state index in [2.05, 4.69) is 11.1 Å². The first-order valence-electron chi connectivity index (χ1n) is 6.62. The van der Waals surface area contributed by atoms with E-state index in [0.29, 0.717) is 18.1 Å². The van der Waals surface area contributed by atoms with Gasteiger partial charge in [0, 0.05) is 34.3 Å². The minimum absolute atomic E-state index is 0.386. The lowest BCUT2D eigenvalue weighted by molar-refractivity contribution is 0.302. The molecule has 1 aliphatic heterocycles. The summed E-state index contributed by atoms with van der Waals surface area (Å²) in [6, 6.07) is 12.0. The molecule has 0 amide bonds. The fraction of sp³-hybridized carbons (Fsp3) is 0.176. The molecule has 0 radical (unpaired) electrons. The molecule has 0 fully saturated rings. The SMILES string of the molecule is CC(C#N)=C1c2ccc(CCl)cc2OCc2ncccc21. The summed E-state index contributed by atoms with van der Waals surface area (Å²) < 4.78 is 5.88. The number of pyridine rings is 1. The van der Waals surface area contributed by atoms with E-state index in [4.69, 9.17) is 16.3 Å². The predicted octanol–water partition coefficient (Wildman–Crippen LogP) is 4.06. The lowest BCUT2D eigenvalue weighted by Gasteiger charge is -2.11. The largest absolute Gasteiger partial charge is 0.487 e. The Kier molecular flexibility index (Phi) is 3.64. The third-order valence-corrected chi connectivity index (χ3v) is 3.84. The van der Waals surface area contributed by atoms with Gasteiger partial charge in [-0.3, -0.25) is 4.98 Å². The zero-order valence-corrected chi connectivity index (χ0v) is 12.3. The number of nitriles is 1. The lowest BCUT2D eigenvalue weighted by Crippen LogP contribution is -1.98. The van der Waals surface area contributed by atoms with Gasteiger partial charge in [-0.15, -0.1) is 11.6 Å². The maximum atomic E-state index is 9.34. The highest BCUT2D eigenvalue weighted by molar-refractivity contribution is 6.17. The summed E-state index contributed by atoms with van der Waals surface area (Å²) in [7, 11) is 0. The maximum Gasteiger partial charge on any atom is 0.131 e. The Morgan fingerprint density at radius 3 is 3.00 bits per heavy atom. The van der Waals surface area contributed by atoms with Gasteiger partial charge < -0.3 is 4.74 Å². The van der Waals surface area contributed by atoms with E-state index in [1.165, 1.54) is 0 Å². The zero-order chi connectivity index (χ0) is 14.8. The second-order valence-corrected chi connectivity index (χ2v) is 5.13.